The zero-order valence-corrected chi connectivity index (χ0v) is 15.3. The largest absolute Gasteiger partial charge is 0.390 e. The Kier molecular flexibility index (Phi) is 9.25. The van der Waals surface area contributed by atoms with Crippen LogP contribution >= 0.6 is 0 Å². The van der Waals surface area contributed by atoms with Crippen molar-refractivity contribution >= 4 is 16.3 Å². The van der Waals surface area contributed by atoms with Crippen LogP contribution in [0.1, 0.15) is 44.6 Å². The van der Waals surface area contributed by atoms with Crippen LogP contribution in [-0.4, -0.2) is 31.1 Å². The third-order valence-corrected chi connectivity index (χ3v) is 4.26. The van der Waals surface area contributed by atoms with Gasteiger partial charge in [-0.1, -0.05) is 49.6 Å². The summed E-state index contributed by atoms with van der Waals surface area (Å²) in [6, 6.07) is 9.99. The number of hydrogen-bond acceptors (Lipinski definition) is 4. The third kappa shape index (κ3) is 11.4. The summed E-state index contributed by atoms with van der Waals surface area (Å²) in [4.78, 5) is 5.05. The minimum Gasteiger partial charge on any atom is -0.390 e. The van der Waals surface area contributed by atoms with Gasteiger partial charge in [-0.05, 0) is 30.5 Å². The predicted octanol–water partition coefficient (Wildman–Crippen LogP) is 1.53. The van der Waals surface area contributed by atoms with Crippen molar-refractivity contribution in [2.24, 2.45) is 16.6 Å². The summed E-state index contributed by atoms with van der Waals surface area (Å²) < 4.78 is 31.3. The average Bonchev–Trinajstić information content (AvgIpc) is 2.54. The maximum Gasteiger partial charge on any atom is 0.333 e. The molecule has 0 saturated heterocycles. The molecule has 25 heavy (non-hydrogen) atoms. The highest BCUT2D eigenvalue weighted by molar-refractivity contribution is 7.83. The first-order valence-corrected chi connectivity index (χ1v) is 9.73. The molecule has 8 nitrogen and oxygen atoms in total. The fraction of sp³-hybridized carbons (Fsp3) is 0.562. The van der Waals surface area contributed by atoms with Crippen LogP contribution in [-0.2, 0) is 21.6 Å². The Morgan fingerprint density at radius 1 is 1.28 bits per heavy atom. The maximum atomic E-state index is 10.3. The molecule has 1 aromatic rings. The van der Waals surface area contributed by atoms with Crippen LogP contribution in [0.25, 0.3) is 0 Å². The molecule has 1 fully saturated rings. The monoisotopic (exact) mass is 372 g/mol. The van der Waals surface area contributed by atoms with Gasteiger partial charge in [0.1, 0.15) is 6.10 Å². The van der Waals surface area contributed by atoms with Gasteiger partial charge in [0.2, 0.25) is 5.96 Å². The molecule has 142 valence electrons. The third-order valence-electron chi connectivity index (χ3n) is 3.62. The first-order chi connectivity index (χ1) is 11.8. The van der Waals surface area contributed by atoms with Gasteiger partial charge in [-0.15, -0.1) is 0 Å². The molecule has 0 radical (unpaired) electrons. The zero-order chi connectivity index (χ0) is 18.7. The van der Waals surface area contributed by atoms with Crippen LogP contribution in [0, 0.1) is 0 Å². The van der Waals surface area contributed by atoms with E-state index in [-0.39, 0.29) is 18.1 Å². The second-order valence-electron chi connectivity index (χ2n) is 6.05. The van der Waals surface area contributed by atoms with E-state index < -0.39 is 10.3 Å². The number of nitrogens with one attached hydrogen (secondary N) is 1. The van der Waals surface area contributed by atoms with Gasteiger partial charge < -0.3 is 16.3 Å². The van der Waals surface area contributed by atoms with E-state index in [1.165, 1.54) is 12.0 Å². The van der Waals surface area contributed by atoms with Crippen LogP contribution in [0.4, 0.5) is 0 Å². The van der Waals surface area contributed by atoms with Gasteiger partial charge in [-0.3, -0.25) is 4.55 Å². The van der Waals surface area contributed by atoms with Crippen molar-refractivity contribution in [1.29, 1.82) is 0 Å². The molecule has 1 aromatic carbocycles. The van der Waals surface area contributed by atoms with E-state index in [1.54, 1.807) is 0 Å². The van der Waals surface area contributed by atoms with Crippen LogP contribution < -0.4 is 16.2 Å². The molecular weight excluding hydrogens is 344 g/mol. The normalized spacial score (nSPS) is 16.2. The second kappa shape index (κ2) is 10.9. The van der Waals surface area contributed by atoms with E-state index in [1.807, 2.05) is 37.3 Å². The Labute approximate surface area is 149 Å². The SMILES string of the molecule is CC(Cc1ccccc1)ON=C(N)N.O=S(=O)(O)NC1CCCCC1. The van der Waals surface area contributed by atoms with Crippen LogP contribution in [0.2, 0.25) is 0 Å². The van der Waals surface area contributed by atoms with Crippen molar-refractivity contribution in [3.05, 3.63) is 35.9 Å². The summed E-state index contributed by atoms with van der Waals surface area (Å²) in [5.74, 6) is -0.0510. The summed E-state index contributed by atoms with van der Waals surface area (Å²) in [6.07, 6.45) is 5.72. The Morgan fingerprint density at radius 3 is 2.40 bits per heavy atom. The molecule has 6 N–H and O–H groups in total. The predicted molar refractivity (Wildman–Crippen MR) is 98.1 cm³/mol. The summed E-state index contributed by atoms with van der Waals surface area (Å²) in [7, 11) is -3.97. The molecule has 0 bridgehead atoms. The Balaban J connectivity index is 0.000000257. The van der Waals surface area contributed by atoms with Crippen LogP contribution in [0.5, 0.6) is 0 Å². The second-order valence-corrected chi connectivity index (χ2v) is 7.24. The molecule has 0 spiro atoms. The molecular formula is C16H28N4O4S. The van der Waals surface area contributed by atoms with E-state index in [2.05, 4.69) is 9.88 Å². The summed E-state index contributed by atoms with van der Waals surface area (Å²) in [6.45, 7) is 1.92. The van der Waals surface area contributed by atoms with Gasteiger partial charge in [-0.25, -0.2) is 0 Å². The molecule has 0 amide bonds. The molecule has 1 atom stereocenters. The minimum absolute atomic E-state index is 0.0282. The van der Waals surface area contributed by atoms with Gasteiger partial charge in [0.15, 0.2) is 0 Å². The van der Waals surface area contributed by atoms with Gasteiger partial charge in [0.05, 0.1) is 0 Å². The van der Waals surface area contributed by atoms with Gasteiger partial charge in [0, 0.05) is 12.5 Å². The lowest BCUT2D eigenvalue weighted by atomic mass is 9.96. The molecule has 1 unspecified atom stereocenters. The standard InChI is InChI=1S/C10H15N3O.C6H13NO3S/c1-8(14-13-10(11)12)7-9-5-3-2-4-6-9;8-11(9,10)7-6-4-2-1-3-5-6/h2-6,8H,7H2,1H3,(H4,11,12,13);6-7H,1-5H2,(H,8,9,10). The van der Waals surface area contributed by atoms with Crippen molar-refractivity contribution in [2.45, 2.75) is 57.6 Å². The van der Waals surface area contributed by atoms with Gasteiger partial charge in [-0.2, -0.15) is 13.1 Å². The van der Waals surface area contributed by atoms with Crippen LogP contribution in [0.3, 0.4) is 0 Å². The minimum atomic E-state index is -3.97. The number of guanidine groups is 1. The Bertz CT molecular complexity index is 612. The summed E-state index contributed by atoms with van der Waals surface area (Å²) in [5.41, 5.74) is 11.5. The highest BCUT2D eigenvalue weighted by Gasteiger charge is 2.17. The van der Waals surface area contributed by atoms with E-state index in [0.29, 0.717) is 0 Å². The molecule has 1 aliphatic rings. The lowest BCUT2D eigenvalue weighted by molar-refractivity contribution is 0.0722. The smallest absolute Gasteiger partial charge is 0.333 e. The average molecular weight is 372 g/mol. The maximum absolute atomic E-state index is 10.3. The van der Waals surface area contributed by atoms with E-state index in [0.717, 1.165) is 32.1 Å². The van der Waals surface area contributed by atoms with E-state index >= 15 is 0 Å². The first-order valence-electron chi connectivity index (χ1n) is 8.29. The first kappa shape index (κ1) is 21.2. The molecule has 1 saturated carbocycles. The molecule has 0 heterocycles. The van der Waals surface area contributed by atoms with Crippen molar-refractivity contribution in [3.8, 4) is 0 Å². The van der Waals surface area contributed by atoms with Crippen LogP contribution in [0.15, 0.2) is 35.5 Å². The number of benzene rings is 1. The topological polar surface area (TPSA) is 140 Å². The lowest BCUT2D eigenvalue weighted by Crippen LogP contribution is -2.35. The fourth-order valence-electron chi connectivity index (χ4n) is 2.57. The molecule has 9 heteroatoms. The van der Waals surface area contributed by atoms with E-state index in [9.17, 15) is 8.42 Å². The van der Waals surface area contributed by atoms with Gasteiger partial charge in [0.25, 0.3) is 0 Å². The number of rotatable bonds is 6. The highest BCUT2D eigenvalue weighted by Crippen LogP contribution is 2.17. The lowest BCUT2D eigenvalue weighted by Gasteiger charge is -2.20. The molecule has 0 aromatic heterocycles. The molecule has 2 rings (SSSR count). The van der Waals surface area contributed by atoms with E-state index in [4.69, 9.17) is 20.9 Å². The Hall–Kier alpha value is -1.84. The van der Waals surface area contributed by atoms with Gasteiger partial charge >= 0.3 is 10.3 Å². The number of hydrogen-bond donors (Lipinski definition) is 4. The number of oxime groups is 1. The van der Waals surface area contributed by atoms with Crippen molar-refractivity contribution in [1.82, 2.24) is 4.72 Å². The quantitative estimate of drug-likeness (QED) is 0.258. The zero-order valence-electron chi connectivity index (χ0n) is 14.5. The van der Waals surface area contributed by atoms with Crippen molar-refractivity contribution in [3.63, 3.8) is 0 Å². The molecule has 0 aliphatic heterocycles. The fourth-order valence-corrected chi connectivity index (χ4v) is 3.22. The summed E-state index contributed by atoms with van der Waals surface area (Å²) in [5, 5.41) is 3.49. The number of nitrogens with zero attached hydrogens (tertiary/aromatic N) is 1. The Morgan fingerprint density at radius 2 is 1.88 bits per heavy atom. The van der Waals surface area contributed by atoms with Crippen molar-refractivity contribution in [2.75, 3.05) is 0 Å². The van der Waals surface area contributed by atoms with Crippen molar-refractivity contribution < 1.29 is 17.8 Å². The summed E-state index contributed by atoms with van der Waals surface area (Å²) >= 11 is 0. The highest BCUT2D eigenvalue weighted by atomic mass is 32.2. The number of nitrogens with two attached hydrogens (primary N) is 2. The molecule has 1 aliphatic carbocycles.